The van der Waals surface area contributed by atoms with Crippen molar-refractivity contribution in [1.29, 1.82) is 0 Å². The van der Waals surface area contributed by atoms with E-state index < -0.39 is 0 Å². The van der Waals surface area contributed by atoms with Crippen LogP contribution >= 0.6 is 15.9 Å². The van der Waals surface area contributed by atoms with Crippen molar-refractivity contribution in [1.82, 2.24) is 4.90 Å². The van der Waals surface area contributed by atoms with Crippen molar-refractivity contribution in [3.05, 3.63) is 34.3 Å². The third-order valence-corrected chi connectivity index (χ3v) is 4.72. The lowest BCUT2D eigenvalue weighted by Crippen LogP contribution is -2.42. The predicted molar refractivity (Wildman–Crippen MR) is 83.0 cm³/mol. The molecule has 2 unspecified atom stereocenters. The van der Waals surface area contributed by atoms with Crippen LogP contribution in [0.5, 0.6) is 0 Å². The lowest BCUT2D eigenvalue weighted by Gasteiger charge is -2.35. The zero-order chi connectivity index (χ0) is 13.4. The van der Waals surface area contributed by atoms with Gasteiger partial charge in [0.25, 0.3) is 0 Å². The number of hydrogen-bond acceptors (Lipinski definition) is 2. The average Bonchev–Trinajstić information content (AvgIpc) is 3.23. The Hall–Kier alpha value is -0.380. The van der Waals surface area contributed by atoms with Crippen LogP contribution < -0.4 is 5.73 Å². The number of nitrogens with zero attached hydrogens (tertiary/aromatic N) is 1. The predicted octanol–water partition coefficient (Wildman–Crippen LogP) is 3.71. The van der Waals surface area contributed by atoms with Gasteiger partial charge in [-0.05, 0) is 56.2 Å². The largest absolute Gasteiger partial charge is 0.326 e. The summed E-state index contributed by atoms with van der Waals surface area (Å²) in [6, 6.07) is 9.98. The SMILES string of the molecule is CC(N)C(c1cccc(Br)c1)N(CC1CC1)C1CC1. The summed E-state index contributed by atoms with van der Waals surface area (Å²) in [7, 11) is 0. The maximum absolute atomic E-state index is 6.32. The van der Waals surface area contributed by atoms with E-state index in [1.165, 1.54) is 37.8 Å². The molecule has 2 N–H and O–H groups in total. The molecule has 0 spiro atoms. The molecule has 1 aromatic carbocycles. The standard InChI is InChI=1S/C16H23BrN2/c1-11(18)16(13-3-2-4-14(17)9-13)19(15-7-8-15)10-12-5-6-12/h2-4,9,11-12,15-16H,5-8,10,18H2,1H3. The van der Waals surface area contributed by atoms with Crippen LogP contribution in [-0.4, -0.2) is 23.5 Å². The van der Waals surface area contributed by atoms with Crippen LogP contribution in [0.1, 0.15) is 44.2 Å². The van der Waals surface area contributed by atoms with E-state index in [9.17, 15) is 0 Å². The first-order valence-corrected chi connectivity index (χ1v) is 8.21. The molecule has 19 heavy (non-hydrogen) atoms. The summed E-state index contributed by atoms with van der Waals surface area (Å²) in [6.45, 7) is 3.39. The zero-order valence-electron chi connectivity index (χ0n) is 11.6. The van der Waals surface area contributed by atoms with E-state index in [1.54, 1.807) is 0 Å². The fourth-order valence-electron chi connectivity index (χ4n) is 2.98. The second-order valence-electron chi connectivity index (χ2n) is 6.23. The molecular weight excluding hydrogens is 300 g/mol. The highest BCUT2D eigenvalue weighted by molar-refractivity contribution is 9.10. The maximum Gasteiger partial charge on any atom is 0.0499 e. The minimum absolute atomic E-state index is 0.175. The first-order chi connectivity index (χ1) is 9.15. The van der Waals surface area contributed by atoms with E-state index in [0.717, 1.165) is 16.4 Å². The zero-order valence-corrected chi connectivity index (χ0v) is 13.1. The Labute approximate surface area is 124 Å². The fourth-order valence-corrected chi connectivity index (χ4v) is 3.40. The van der Waals surface area contributed by atoms with E-state index in [0.29, 0.717) is 6.04 Å². The molecule has 0 aliphatic heterocycles. The van der Waals surface area contributed by atoms with Crippen LogP contribution in [0.15, 0.2) is 28.7 Å². The van der Waals surface area contributed by atoms with Crippen molar-refractivity contribution in [2.45, 2.75) is 50.7 Å². The Morgan fingerprint density at radius 3 is 2.58 bits per heavy atom. The van der Waals surface area contributed by atoms with Gasteiger partial charge in [-0.1, -0.05) is 28.1 Å². The van der Waals surface area contributed by atoms with Gasteiger partial charge in [0.15, 0.2) is 0 Å². The third kappa shape index (κ3) is 3.39. The van der Waals surface area contributed by atoms with Gasteiger partial charge in [0.05, 0.1) is 0 Å². The molecule has 2 aliphatic rings. The molecule has 0 amide bonds. The maximum atomic E-state index is 6.32. The van der Waals surface area contributed by atoms with Gasteiger partial charge in [-0.2, -0.15) is 0 Å². The van der Waals surface area contributed by atoms with Crippen LogP contribution in [0, 0.1) is 5.92 Å². The fraction of sp³-hybridized carbons (Fsp3) is 0.625. The minimum atomic E-state index is 0.175. The van der Waals surface area contributed by atoms with Crippen LogP contribution in [0.2, 0.25) is 0 Å². The monoisotopic (exact) mass is 322 g/mol. The van der Waals surface area contributed by atoms with Gasteiger partial charge in [-0.15, -0.1) is 0 Å². The number of benzene rings is 1. The van der Waals surface area contributed by atoms with Crippen molar-refractivity contribution in [3.63, 3.8) is 0 Å². The summed E-state index contributed by atoms with van der Waals surface area (Å²) < 4.78 is 1.15. The Balaban J connectivity index is 1.85. The summed E-state index contributed by atoms with van der Waals surface area (Å²) in [6.07, 6.45) is 5.52. The van der Waals surface area contributed by atoms with Gasteiger partial charge < -0.3 is 5.73 Å². The molecule has 2 atom stereocenters. The molecule has 2 saturated carbocycles. The molecule has 2 fully saturated rings. The molecule has 0 heterocycles. The highest BCUT2D eigenvalue weighted by Gasteiger charge is 2.39. The second kappa shape index (κ2) is 5.55. The van der Waals surface area contributed by atoms with Crippen molar-refractivity contribution in [3.8, 4) is 0 Å². The van der Waals surface area contributed by atoms with Gasteiger partial charge >= 0.3 is 0 Å². The van der Waals surface area contributed by atoms with Gasteiger partial charge in [0, 0.05) is 29.1 Å². The van der Waals surface area contributed by atoms with Crippen molar-refractivity contribution >= 4 is 15.9 Å². The molecule has 3 heteroatoms. The van der Waals surface area contributed by atoms with Crippen LogP contribution in [0.4, 0.5) is 0 Å². The molecule has 2 aliphatic carbocycles. The molecule has 2 nitrogen and oxygen atoms in total. The molecule has 1 aromatic rings. The van der Waals surface area contributed by atoms with Crippen LogP contribution in [0.3, 0.4) is 0 Å². The van der Waals surface area contributed by atoms with Crippen molar-refractivity contribution in [2.24, 2.45) is 11.7 Å². The molecule has 0 aromatic heterocycles. The van der Waals surface area contributed by atoms with Crippen LogP contribution in [-0.2, 0) is 0 Å². The van der Waals surface area contributed by atoms with E-state index in [2.05, 4.69) is 52.0 Å². The number of nitrogens with two attached hydrogens (primary N) is 1. The lowest BCUT2D eigenvalue weighted by atomic mass is 9.98. The topological polar surface area (TPSA) is 29.3 Å². The normalized spacial score (nSPS) is 22.5. The van der Waals surface area contributed by atoms with Crippen LogP contribution in [0.25, 0.3) is 0 Å². The number of hydrogen-bond donors (Lipinski definition) is 1. The van der Waals surface area contributed by atoms with E-state index in [1.807, 2.05) is 0 Å². The first kappa shape index (κ1) is 13.6. The molecular formula is C16H23BrN2. The Morgan fingerprint density at radius 2 is 2.05 bits per heavy atom. The summed E-state index contributed by atoms with van der Waals surface area (Å²) in [5, 5.41) is 0. The molecule has 3 rings (SSSR count). The first-order valence-electron chi connectivity index (χ1n) is 7.42. The average molecular weight is 323 g/mol. The molecule has 0 bridgehead atoms. The summed E-state index contributed by atoms with van der Waals surface area (Å²) >= 11 is 3.59. The Bertz CT molecular complexity index is 438. The molecule has 0 radical (unpaired) electrons. The van der Waals surface area contributed by atoms with Gasteiger partial charge in [-0.3, -0.25) is 4.90 Å². The van der Waals surface area contributed by atoms with Gasteiger partial charge in [0.2, 0.25) is 0 Å². The summed E-state index contributed by atoms with van der Waals surface area (Å²) in [5.41, 5.74) is 7.68. The number of halogens is 1. The highest BCUT2D eigenvalue weighted by Crippen LogP contribution is 2.40. The quantitative estimate of drug-likeness (QED) is 0.865. The van der Waals surface area contributed by atoms with E-state index in [4.69, 9.17) is 5.73 Å². The van der Waals surface area contributed by atoms with E-state index in [-0.39, 0.29) is 6.04 Å². The Kier molecular flexibility index (Phi) is 3.97. The Morgan fingerprint density at radius 1 is 1.32 bits per heavy atom. The lowest BCUT2D eigenvalue weighted by molar-refractivity contribution is 0.159. The minimum Gasteiger partial charge on any atom is -0.326 e. The van der Waals surface area contributed by atoms with Crippen molar-refractivity contribution < 1.29 is 0 Å². The smallest absolute Gasteiger partial charge is 0.0499 e. The second-order valence-corrected chi connectivity index (χ2v) is 7.15. The third-order valence-electron chi connectivity index (χ3n) is 4.23. The highest BCUT2D eigenvalue weighted by atomic mass is 79.9. The number of rotatable bonds is 6. The van der Waals surface area contributed by atoms with Gasteiger partial charge in [0.1, 0.15) is 0 Å². The van der Waals surface area contributed by atoms with Crippen molar-refractivity contribution in [2.75, 3.05) is 6.54 Å². The summed E-state index contributed by atoms with van der Waals surface area (Å²) in [4.78, 5) is 2.68. The van der Waals surface area contributed by atoms with Gasteiger partial charge in [-0.25, -0.2) is 0 Å². The molecule has 104 valence electrons. The van der Waals surface area contributed by atoms with E-state index >= 15 is 0 Å². The molecule has 0 saturated heterocycles. The summed E-state index contributed by atoms with van der Waals surface area (Å²) in [5.74, 6) is 0.925.